The van der Waals surface area contributed by atoms with Crippen LogP contribution in [0.2, 0.25) is 0 Å². The van der Waals surface area contributed by atoms with E-state index in [4.69, 9.17) is 4.74 Å². The van der Waals surface area contributed by atoms with Crippen LogP contribution in [0.25, 0.3) is 11.1 Å². The van der Waals surface area contributed by atoms with Gasteiger partial charge in [0.2, 0.25) is 0 Å². The van der Waals surface area contributed by atoms with Gasteiger partial charge >= 0.3 is 0 Å². The Bertz CT molecular complexity index is 1300. The number of halogens is 1. The van der Waals surface area contributed by atoms with Crippen LogP contribution in [0.5, 0.6) is 0 Å². The first-order valence-corrected chi connectivity index (χ1v) is 11.8. The molecule has 8 nitrogen and oxygen atoms in total. The smallest absolute Gasteiger partial charge is 0.269 e. The molecule has 0 unspecified atom stereocenters. The number of hydrogen-bond donors (Lipinski definition) is 3. The zero-order valence-corrected chi connectivity index (χ0v) is 19.4. The number of ether oxygens (including phenoxy) is 1. The van der Waals surface area contributed by atoms with Gasteiger partial charge in [0.25, 0.3) is 21.8 Å². The highest BCUT2D eigenvalue weighted by Crippen LogP contribution is 2.26. The molecule has 3 aromatic carbocycles. The van der Waals surface area contributed by atoms with Crippen molar-refractivity contribution >= 4 is 21.8 Å². The van der Waals surface area contributed by atoms with E-state index in [9.17, 15) is 22.4 Å². The molecule has 3 aromatic rings. The summed E-state index contributed by atoms with van der Waals surface area (Å²) in [6.45, 7) is 2.21. The zero-order chi connectivity index (χ0) is 24.7. The average Bonchev–Trinajstić information content (AvgIpc) is 2.85. The molecule has 3 rings (SSSR count). The van der Waals surface area contributed by atoms with E-state index < -0.39 is 21.7 Å². The van der Waals surface area contributed by atoms with Crippen molar-refractivity contribution in [2.45, 2.75) is 11.8 Å². The van der Waals surface area contributed by atoms with Crippen LogP contribution in [-0.4, -0.2) is 40.5 Å². The maximum atomic E-state index is 14.8. The maximum Gasteiger partial charge on any atom is 0.269 e. The average molecular weight is 486 g/mol. The van der Waals surface area contributed by atoms with Crippen molar-refractivity contribution in [3.8, 4) is 11.1 Å². The Morgan fingerprint density at radius 1 is 0.941 bits per heavy atom. The van der Waals surface area contributed by atoms with E-state index in [1.165, 1.54) is 44.4 Å². The fourth-order valence-electron chi connectivity index (χ4n) is 3.15. The zero-order valence-electron chi connectivity index (χ0n) is 18.6. The monoisotopic (exact) mass is 485 g/mol. The molecule has 3 N–H and O–H groups in total. The lowest BCUT2D eigenvalue weighted by atomic mass is 9.97. The quantitative estimate of drug-likeness (QED) is 0.319. The number of nitrogens with one attached hydrogen (secondary N) is 3. The minimum absolute atomic E-state index is 0.0544. The Kier molecular flexibility index (Phi) is 8.11. The fraction of sp³-hybridized carbons (Fsp3) is 0.167. The van der Waals surface area contributed by atoms with Gasteiger partial charge in [-0.3, -0.25) is 15.0 Å². The van der Waals surface area contributed by atoms with Crippen LogP contribution in [0.15, 0.2) is 71.6 Å². The lowest BCUT2D eigenvalue weighted by Crippen LogP contribution is -2.41. The van der Waals surface area contributed by atoms with Crippen molar-refractivity contribution in [3.63, 3.8) is 0 Å². The number of methoxy groups -OCH3 is 1. The van der Waals surface area contributed by atoms with Gasteiger partial charge in [-0.15, -0.1) is 4.83 Å². The van der Waals surface area contributed by atoms with Gasteiger partial charge in [0.15, 0.2) is 0 Å². The van der Waals surface area contributed by atoms with Crippen molar-refractivity contribution in [2.75, 3.05) is 20.3 Å². The Balaban J connectivity index is 1.83. The molecule has 0 aliphatic heterocycles. The second-order valence-electron chi connectivity index (χ2n) is 7.36. The minimum atomic E-state index is -4.03. The Morgan fingerprint density at radius 2 is 1.68 bits per heavy atom. The SMILES string of the molecule is COCCNC(=O)c1cccc(-c2cc(C)c(F)c(C(=O)NNS(=O)(=O)c3ccccc3)c2)c1. The molecule has 0 spiro atoms. The van der Waals surface area contributed by atoms with Crippen LogP contribution < -0.4 is 15.6 Å². The van der Waals surface area contributed by atoms with E-state index in [0.29, 0.717) is 29.8 Å². The summed E-state index contributed by atoms with van der Waals surface area (Å²) in [4.78, 5) is 26.9. The number of benzene rings is 3. The van der Waals surface area contributed by atoms with E-state index in [1.54, 1.807) is 36.4 Å². The standard InChI is InChI=1S/C24H24FN3O5S/c1-16-13-19(17-7-6-8-18(14-17)23(29)26-11-12-33-2)15-21(22(16)25)24(30)27-28-34(31,32)20-9-4-3-5-10-20/h3-10,13-15,28H,11-12H2,1-2H3,(H,26,29)(H,27,30). The van der Waals surface area contributed by atoms with E-state index in [-0.39, 0.29) is 21.9 Å². The molecule has 0 aliphatic rings. The summed E-state index contributed by atoms with van der Waals surface area (Å²) in [7, 11) is -2.50. The highest BCUT2D eigenvalue weighted by molar-refractivity contribution is 7.89. The number of hydrogen-bond acceptors (Lipinski definition) is 5. The Morgan fingerprint density at radius 3 is 2.38 bits per heavy atom. The summed E-state index contributed by atoms with van der Waals surface area (Å²) >= 11 is 0. The molecule has 0 saturated heterocycles. The number of sulfonamides is 1. The molecule has 34 heavy (non-hydrogen) atoms. The van der Waals surface area contributed by atoms with Gasteiger partial charge in [-0.05, 0) is 60.0 Å². The number of amides is 2. The first-order chi connectivity index (χ1) is 16.2. The summed E-state index contributed by atoms with van der Waals surface area (Å²) < 4.78 is 44.4. The number of carbonyl (C=O) groups is 2. The topological polar surface area (TPSA) is 114 Å². The Labute approximate surface area is 197 Å². The van der Waals surface area contributed by atoms with Gasteiger partial charge in [0.05, 0.1) is 17.1 Å². The third kappa shape index (κ3) is 6.04. The van der Waals surface area contributed by atoms with E-state index in [1.807, 2.05) is 10.3 Å². The Hall–Kier alpha value is -3.60. The molecule has 0 radical (unpaired) electrons. The van der Waals surface area contributed by atoms with Crippen molar-refractivity contribution in [3.05, 3.63) is 89.2 Å². The number of rotatable bonds is 9. The molecule has 0 aliphatic carbocycles. The van der Waals surface area contributed by atoms with Crippen LogP contribution in [0.3, 0.4) is 0 Å². The summed E-state index contributed by atoms with van der Waals surface area (Å²) in [5.41, 5.74) is 3.35. The molecule has 178 valence electrons. The molecule has 0 fully saturated rings. The molecular formula is C24H24FN3O5S. The number of carbonyl (C=O) groups excluding carboxylic acids is 2. The largest absolute Gasteiger partial charge is 0.383 e. The molecule has 10 heteroatoms. The summed E-state index contributed by atoms with van der Waals surface area (Å²) in [5, 5.41) is 2.72. The van der Waals surface area contributed by atoms with Crippen molar-refractivity contribution < 1.29 is 27.1 Å². The van der Waals surface area contributed by atoms with Crippen LogP contribution in [-0.2, 0) is 14.8 Å². The van der Waals surface area contributed by atoms with Crippen LogP contribution in [0.4, 0.5) is 4.39 Å². The molecule has 0 bridgehead atoms. The molecule has 0 aromatic heterocycles. The summed E-state index contributed by atoms with van der Waals surface area (Å²) in [5.74, 6) is -2.05. The van der Waals surface area contributed by atoms with Gasteiger partial charge in [0, 0.05) is 19.2 Å². The third-order valence-corrected chi connectivity index (χ3v) is 6.16. The van der Waals surface area contributed by atoms with Crippen LogP contribution in [0.1, 0.15) is 26.3 Å². The second kappa shape index (κ2) is 11.0. The van der Waals surface area contributed by atoms with Crippen LogP contribution >= 0.6 is 0 Å². The summed E-state index contributed by atoms with van der Waals surface area (Å²) in [6.07, 6.45) is 0. The number of aryl methyl sites for hydroxylation is 1. The predicted molar refractivity (Wildman–Crippen MR) is 125 cm³/mol. The van der Waals surface area contributed by atoms with Crippen molar-refractivity contribution in [1.29, 1.82) is 0 Å². The lowest BCUT2D eigenvalue weighted by Gasteiger charge is -2.12. The van der Waals surface area contributed by atoms with E-state index in [0.717, 1.165) is 0 Å². The van der Waals surface area contributed by atoms with Gasteiger partial charge in [-0.2, -0.15) is 0 Å². The van der Waals surface area contributed by atoms with Gasteiger partial charge < -0.3 is 10.1 Å². The first kappa shape index (κ1) is 25.0. The van der Waals surface area contributed by atoms with Crippen molar-refractivity contribution in [1.82, 2.24) is 15.6 Å². The predicted octanol–water partition coefficient (Wildman–Crippen LogP) is 2.80. The maximum absolute atomic E-state index is 14.8. The molecular weight excluding hydrogens is 461 g/mol. The minimum Gasteiger partial charge on any atom is -0.383 e. The second-order valence-corrected chi connectivity index (χ2v) is 9.04. The highest BCUT2D eigenvalue weighted by Gasteiger charge is 2.20. The highest BCUT2D eigenvalue weighted by atomic mass is 32.2. The first-order valence-electron chi connectivity index (χ1n) is 10.3. The third-order valence-electron chi connectivity index (χ3n) is 4.90. The molecule has 0 heterocycles. The van der Waals surface area contributed by atoms with E-state index >= 15 is 0 Å². The molecule has 0 saturated carbocycles. The van der Waals surface area contributed by atoms with Gasteiger partial charge in [-0.1, -0.05) is 30.3 Å². The normalized spacial score (nSPS) is 11.1. The van der Waals surface area contributed by atoms with Gasteiger partial charge in [-0.25, -0.2) is 12.8 Å². The fourth-order valence-corrected chi connectivity index (χ4v) is 4.01. The van der Waals surface area contributed by atoms with Crippen molar-refractivity contribution in [2.24, 2.45) is 0 Å². The van der Waals surface area contributed by atoms with E-state index in [2.05, 4.69) is 5.32 Å². The summed E-state index contributed by atoms with van der Waals surface area (Å²) in [6, 6.07) is 16.9. The van der Waals surface area contributed by atoms with Gasteiger partial charge in [0.1, 0.15) is 5.82 Å². The lowest BCUT2D eigenvalue weighted by molar-refractivity contribution is 0.0931. The molecule has 2 amide bonds. The van der Waals surface area contributed by atoms with Crippen LogP contribution in [0, 0.1) is 12.7 Å². The number of hydrazine groups is 1. The molecule has 0 atom stereocenters.